The first-order chi connectivity index (χ1) is 21.1. The Hall–Kier alpha value is -4.37. The summed E-state index contributed by atoms with van der Waals surface area (Å²) in [5.41, 5.74) is 14.0. The number of ether oxygens (including phenoxy) is 1. The van der Waals surface area contributed by atoms with Gasteiger partial charge in [0.1, 0.15) is 23.2 Å². The maximum absolute atomic E-state index is 14.3. The zero-order valence-corrected chi connectivity index (χ0v) is 25.6. The molecule has 0 bridgehead atoms. The first-order valence-electron chi connectivity index (χ1n) is 15.3. The van der Waals surface area contributed by atoms with Gasteiger partial charge in [-0.2, -0.15) is 0 Å². The van der Waals surface area contributed by atoms with Crippen molar-refractivity contribution >= 4 is 27.8 Å². The molecule has 0 unspecified atom stereocenters. The summed E-state index contributed by atoms with van der Waals surface area (Å²) in [6.07, 6.45) is 1.53. The predicted octanol–water partition coefficient (Wildman–Crippen LogP) is 6.11. The summed E-state index contributed by atoms with van der Waals surface area (Å²) in [5.74, 6) is 1.94. The molecule has 44 heavy (non-hydrogen) atoms. The fraction of sp³-hybridized carbons (Fsp3) is 0.371. The smallest absolute Gasteiger partial charge is 0.254 e. The van der Waals surface area contributed by atoms with E-state index in [1.54, 1.807) is 25.3 Å². The van der Waals surface area contributed by atoms with Crippen LogP contribution in [0.5, 0.6) is 11.5 Å². The molecule has 1 saturated heterocycles. The van der Waals surface area contributed by atoms with Crippen LogP contribution in [-0.2, 0) is 13.6 Å². The maximum atomic E-state index is 14.3. The number of fused-ring (bicyclic) bond motifs is 2. The molecule has 7 rings (SSSR count). The highest BCUT2D eigenvalue weighted by atomic mass is 19.1. The van der Waals surface area contributed by atoms with Crippen molar-refractivity contribution < 1.29 is 19.0 Å². The monoisotopic (exact) mass is 595 g/mol. The van der Waals surface area contributed by atoms with Crippen molar-refractivity contribution in [3.05, 3.63) is 65.2 Å². The predicted molar refractivity (Wildman–Crippen MR) is 171 cm³/mol. The average Bonchev–Trinajstić information content (AvgIpc) is 3.67. The van der Waals surface area contributed by atoms with Crippen LogP contribution in [0.1, 0.15) is 40.7 Å². The molecule has 1 saturated carbocycles. The molecule has 1 amide bonds. The number of piperidine rings is 1. The number of imidazole rings is 1. The van der Waals surface area contributed by atoms with Crippen LogP contribution < -0.4 is 10.5 Å². The molecule has 0 radical (unpaired) electrons. The number of carbonyl (C=O) groups is 1. The number of aromatic hydroxyl groups is 1. The molecule has 0 spiro atoms. The zero-order valence-electron chi connectivity index (χ0n) is 25.6. The van der Waals surface area contributed by atoms with E-state index in [2.05, 4.69) is 35.8 Å². The number of amides is 1. The van der Waals surface area contributed by atoms with E-state index in [9.17, 15) is 14.3 Å². The van der Waals surface area contributed by atoms with Gasteiger partial charge in [0, 0.05) is 42.6 Å². The minimum absolute atomic E-state index is 0.0330. The van der Waals surface area contributed by atoms with Gasteiger partial charge >= 0.3 is 0 Å². The number of hydrogen-bond donors (Lipinski definition) is 2. The number of alkyl halides is 1. The Labute approximate surface area is 255 Å². The third kappa shape index (κ3) is 4.79. The molecular weight excluding hydrogens is 557 g/mol. The van der Waals surface area contributed by atoms with Crippen molar-refractivity contribution in [2.24, 2.45) is 18.7 Å². The fourth-order valence-corrected chi connectivity index (χ4v) is 6.87. The van der Waals surface area contributed by atoms with Gasteiger partial charge < -0.3 is 29.6 Å². The van der Waals surface area contributed by atoms with Crippen molar-refractivity contribution in [2.75, 3.05) is 20.2 Å². The third-order valence-corrected chi connectivity index (χ3v) is 9.32. The second-order valence-electron chi connectivity index (χ2n) is 12.6. The molecule has 8 nitrogen and oxygen atoms in total. The maximum Gasteiger partial charge on any atom is 0.254 e. The summed E-state index contributed by atoms with van der Waals surface area (Å²) in [7, 11) is 3.55. The van der Waals surface area contributed by atoms with Gasteiger partial charge in [0.15, 0.2) is 5.82 Å². The van der Waals surface area contributed by atoms with E-state index in [1.807, 2.05) is 24.6 Å². The van der Waals surface area contributed by atoms with Gasteiger partial charge in [0.05, 0.1) is 24.9 Å². The quantitative estimate of drug-likeness (QED) is 0.247. The number of benzene rings is 3. The lowest BCUT2D eigenvalue weighted by atomic mass is 9.94. The first kappa shape index (κ1) is 28.4. The van der Waals surface area contributed by atoms with E-state index >= 15 is 0 Å². The van der Waals surface area contributed by atoms with Crippen LogP contribution in [0.4, 0.5) is 4.39 Å². The van der Waals surface area contributed by atoms with Crippen molar-refractivity contribution in [1.82, 2.24) is 19.0 Å². The number of nitrogens with two attached hydrogens (primary N) is 1. The summed E-state index contributed by atoms with van der Waals surface area (Å²) < 4.78 is 24.4. The van der Waals surface area contributed by atoms with Crippen LogP contribution in [0, 0.1) is 19.8 Å². The topological polar surface area (TPSA) is 98.5 Å². The van der Waals surface area contributed by atoms with Crippen molar-refractivity contribution in [1.29, 1.82) is 0 Å². The number of likely N-dealkylation sites (tertiary alicyclic amines) is 1. The zero-order chi connectivity index (χ0) is 30.9. The van der Waals surface area contributed by atoms with E-state index in [4.69, 9.17) is 15.5 Å². The first-order valence-corrected chi connectivity index (χ1v) is 15.3. The standard InChI is InChI=1S/C35H38FN5O3/c1-19-5-10-30(42)20(2)32(19)23-9-8-22-12-29(41(28(22)13-23)16-21-6-7-21)34-38-27-11-24(14-31(44-4)33(27)39(34)3)35(43)40-17-25(36)15-26(37)18-40/h5,8-14,21,25-26,42H,6-7,15-18,37H2,1-4H3/t25-,26-/m1/s1. The van der Waals surface area contributed by atoms with Crippen LogP contribution in [0.2, 0.25) is 0 Å². The highest BCUT2D eigenvalue weighted by Crippen LogP contribution is 2.40. The number of aromatic nitrogens is 3. The highest BCUT2D eigenvalue weighted by molar-refractivity contribution is 6.00. The summed E-state index contributed by atoms with van der Waals surface area (Å²) >= 11 is 0. The minimum atomic E-state index is -1.14. The Morgan fingerprint density at radius 1 is 1.11 bits per heavy atom. The molecule has 2 aliphatic rings. The van der Waals surface area contributed by atoms with Gasteiger partial charge in [0.25, 0.3) is 5.91 Å². The number of aryl methyl sites for hydroxylation is 2. The highest BCUT2D eigenvalue weighted by Gasteiger charge is 2.30. The van der Waals surface area contributed by atoms with Crippen LogP contribution in [0.3, 0.4) is 0 Å². The van der Waals surface area contributed by atoms with Crippen molar-refractivity contribution in [2.45, 2.75) is 51.9 Å². The van der Waals surface area contributed by atoms with Crippen LogP contribution >= 0.6 is 0 Å². The second kappa shape index (κ2) is 10.7. The van der Waals surface area contributed by atoms with E-state index in [0.717, 1.165) is 56.7 Å². The fourth-order valence-electron chi connectivity index (χ4n) is 6.87. The molecule has 9 heteroatoms. The summed E-state index contributed by atoms with van der Waals surface area (Å²) in [6, 6.07) is 15.5. The number of halogens is 1. The summed E-state index contributed by atoms with van der Waals surface area (Å²) in [4.78, 5) is 20.0. The van der Waals surface area contributed by atoms with Gasteiger partial charge in [-0.15, -0.1) is 0 Å². The number of rotatable bonds is 6. The number of methoxy groups -OCH3 is 1. The Kier molecular flexibility index (Phi) is 6.88. The Balaban J connectivity index is 1.36. The van der Waals surface area contributed by atoms with Gasteiger partial charge in [-0.3, -0.25) is 4.79 Å². The van der Waals surface area contributed by atoms with Crippen molar-refractivity contribution in [3.8, 4) is 34.1 Å². The molecule has 3 aromatic carbocycles. The number of hydrogen-bond acceptors (Lipinski definition) is 5. The summed E-state index contributed by atoms with van der Waals surface area (Å²) in [5, 5.41) is 11.6. The van der Waals surface area contributed by atoms with Crippen LogP contribution in [0.25, 0.3) is 44.6 Å². The van der Waals surface area contributed by atoms with E-state index in [1.165, 1.54) is 17.7 Å². The van der Waals surface area contributed by atoms with Crippen LogP contribution in [-0.4, -0.2) is 62.4 Å². The Morgan fingerprint density at radius 2 is 1.91 bits per heavy atom. The molecule has 228 valence electrons. The lowest BCUT2D eigenvalue weighted by Crippen LogP contribution is -2.50. The molecule has 3 heterocycles. The van der Waals surface area contributed by atoms with E-state index in [0.29, 0.717) is 35.0 Å². The number of carbonyl (C=O) groups excluding carboxylic acids is 1. The lowest BCUT2D eigenvalue weighted by molar-refractivity contribution is 0.0606. The lowest BCUT2D eigenvalue weighted by Gasteiger charge is -2.33. The minimum Gasteiger partial charge on any atom is -0.508 e. The number of phenols is 1. The van der Waals surface area contributed by atoms with Gasteiger partial charge in [0.2, 0.25) is 0 Å². The Bertz CT molecular complexity index is 1930. The van der Waals surface area contributed by atoms with Crippen LogP contribution in [0.15, 0.2) is 48.5 Å². The number of nitrogens with zero attached hydrogens (tertiary/aromatic N) is 4. The molecule has 5 aromatic rings. The van der Waals surface area contributed by atoms with E-state index < -0.39 is 6.17 Å². The van der Waals surface area contributed by atoms with Crippen molar-refractivity contribution in [3.63, 3.8) is 0 Å². The molecule has 3 N–H and O–H groups in total. The summed E-state index contributed by atoms with van der Waals surface area (Å²) in [6.45, 7) is 5.26. The van der Waals surface area contributed by atoms with Gasteiger partial charge in [-0.25, -0.2) is 9.37 Å². The Morgan fingerprint density at radius 3 is 2.64 bits per heavy atom. The average molecular weight is 596 g/mol. The third-order valence-electron chi connectivity index (χ3n) is 9.32. The molecule has 1 aliphatic heterocycles. The molecule has 2 fully saturated rings. The van der Waals surface area contributed by atoms with Gasteiger partial charge in [-0.1, -0.05) is 18.2 Å². The molecular formula is C35H38FN5O3. The second-order valence-corrected chi connectivity index (χ2v) is 12.6. The number of phenolic OH excluding ortho intramolecular Hbond substituents is 1. The SMILES string of the molecule is COc1cc(C(=O)N2C[C@H](N)C[C@@H](F)C2)cc2nc(-c3cc4ccc(-c5c(C)ccc(O)c5C)cc4n3CC3CC3)n(C)c12. The van der Waals surface area contributed by atoms with E-state index in [-0.39, 0.29) is 24.9 Å². The molecule has 2 atom stereocenters. The molecule has 1 aliphatic carbocycles. The largest absolute Gasteiger partial charge is 0.508 e. The van der Waals surface area contributed by atoms with Gasteiger partial charge in [-0.05, 0) is 91.6 Å². The molecule has 2 aromatic heterocycles. The normalized spacial score (nSPS) is 18.8.